The maximum absolute atomic E-state index is 11.6. The number of hydrogen-bond donors (Lipinski definition) is 2. The minimum Gasteiger partial charge on any atom is -0.481 e. The van der Waals surface area contributed by atoms with Crippen molar-refractivity contribution in [1.82, 2.24) is 0 Å². The Morgan fingerprint density at radius 3 is 2.38 bits per heavy atom. The highest BCUT2D eigenvalue weighted by molar-refractivity contribution is 5.93. The van der Waals surface area contributed by atoms with Crippen LogP contribution in [0.2, 0.25) is 0 Å². The Bertz CT molecular complexity index is 495. The Balaban J connectivity index is 2.45. The Morgan fingerprint density at radius 1 is 1.14 bits per heavy atom. The minimum absolute atomic E-state index is 0.0321. The van der Waals surface area contributed by atoms with Gasteiger partial charge in [-0.1, -0.05) is 6.92 Å². The molecule has 0 aliphatic carbocycles. The van der Waals surface area contributed by atoms with Crippen LogP contribution in [0.25, 0.3) is 0 Å². The van der Waals surface area contributed by atoms with Crippen LogP contribution in [0.4, 0.5) is 5.69 Å². The van der Waals surface area contributed by atoms with Crippen LogP contribution in [0.1, 0.15) is 43.0 Å². The van der Waals surface area contributed by atoms with Gasteiger partial charge in [0.1, 0.15) is 0 Å². The number of rotatable bonds is 8. The summed E-state index contributed by atoms with van der Waals surface area (Å²) < 4.78 is 4.99. The van der Waals surface area contributed by atoms with Gasteiger partial charge in [0.2, 0.25) is 5.91 Å². The first-order valence-corrected chi connectivity index (χ1v) is 6.81. The van der Waals surface area contributed by atoms with Gasteiger partial charge in [0.05, 0.1) is 12.2 Å². The maximum atomic E-state index is 11.6. The molecule has 0 heterocycles. The van der Waals surface area contributed by atoms with Crippen LogP contribution >= 0.6 is 0 Å². The molecule has 6 heteroatoms. The predicted octanol–water partition coefficient (Wildman–Crippen LogP) is 2.45. The standard InChI is InChI=1S/C15H19NO5/c1-2-10-21-15(20)11-6-8-12(9-7-11)16-13(17)4-3-5-14(18)19/h6-9H,2-5,10H2,1H3,(H,16,17)(H,18,19). The van der Waals surface area contributed by atoms with E-state index in [1.54, 1.807) is 24.3 Å². The normalized spacial score (nSPS) is 9.95. The first-order valence-electron chi connectivity index (χ1n) is 6.81. The largest absolute Gasteiger partial charge is 0.481 e. The molecule has 0 fully saturated rings. The molecule has 1 aromatic rings. The van der Waals surface area contributed by atoms with Crippen LogP contribution in [0.15, 0.2) is 24.3 Å². The predicted molar refractivity (Wildman–Crippen MR) is 77.1 cm³/mol. The van der Waals surface area contributed by atoms with Gasteiger partial charge < -0.3 is 15.2 Å². The van der Waals surface area contributed by atoms with Gasteiger partial charge >= 0.3 is 11.9 Å². The molecule has 0 radical (unpaired) electrons. The molecule has 1 aromatic carbocycles. The van der Waals surface area contributed by atoms with Crippen LogP contribution in [-0.2, 0) is 14.3 Å². The highest BCUT2D eigenvalue weighted by atomic mass is 16.5. The fraction of sp³-hybridized carbons (Fsp3) is 0.400. The molecule has 1 rings (SSSR count). The first kappa shape index (κ1) is 16.7. The van der Waals surface area contributed by atoms with Crippen LogP contribution in [0, 0.1) is 0 Å². The molecule has 114 valence electrons. The van der Waals surface area contributed by atoms with Crippen LogP contribution < -0.4 is 5.32 Å². The molecule has 0 aliphatic heterocycles. The van der Waals surface area contributed by atoms with Crippen molar-refractivity contribution in [3.63, 3.8) is 0 Å². The van der Waals surface area contributed by atoms with E-state index in [2.05, 4.69) is 5.32 Å². The number of benzene rings is 1. The average molecular weight is 293 g/mol. The summed E-state index contributed by atoms with van der Waals surface area (Å²) in [5.41, 5.74) is 0.981. The summed E-state index contributed by atoms with van der Waals surface area (Å²) in [5.74, 6) is -1.56. The fourth-order valence-corrected chi connectivity index (χ4v) is 1.59. The second-order valence-electron chi connectivity index (χ2n) is 4.51. The number of esters is 1. The summed E-state index contributed by atoms with van der Waals surface area (Å²) in [6.07, 6.45) is 1.17. The van der Waals surface area contributed by atoms with Crippen molar-refractivity contribution in [2.24, 2.45) is 0 Å². The van der Waals surface area contributed by atoms with Gasteiger partial charge in [-0.25, -0.2) is 4.79 Å². The summed E-state index contributed by atoms with van der Waals surface area (Å²) in [4.78, 5) is 33.5. The van der Waals surface area contributed by atoms with Gasteiger partial charge in [-0.2, -0.15) is 0 Å². The monoisotopic (exact) mass is 293 g/mol. The molecule has 0 atom stereocenters. The van der Waals surface area contributed by atoms with Crippen molar-refractivity contribution in [3.05, 3.63) is 29.8 Å². The lowest BCUT2D eigenvalue weighted by Crippen LogP contribution is -2.12. The van der Waals surface area contributed by atoms with Crippen LogP contribution in [0.5, 0.6) is 0 Å². The molecule has 0 bridgehead atoms. The number of nitrogens with one attached hydrogen (secondary N) is 1. The Morgan fingerprint density at radius 2 is 1.81 bits per heavy atom. The summed E-state index contributed by atoms with van der Waals surface area (Å²) >= 11 is 0. The van der Waals surface area contributed by atoms with Gasteiger partial charge in [-0.3, -0.25) is 9.59 Å². The minimum atomic E-state index is -0.919. The van der Waals surface area contributed by atoms with Gasteiger partial charge in [-0.05, 0) is 37.1 Å². The van der Waals surface area contributed by atoms with E-state index in [0.29, 0.717) is 24.3 Å². The second kappa shape index (κ2) is 8.73. The van der Waals surface area contributed by atoms with Crippen molar-refractivity contribution in [2.75, 3.05) is 11.9 Å². The first-order chi connectivity index (χ1) is 10.0. The zero-order valence-corrected chi connectivity index (χ0v) is 11.9. The van der Waals surface area contributed by atoms with Gasteiger partial charge in [0.25, 0.3) is 0 Å². The maximum Gasteiger partial charge on any atom is 0.338 e. The highest BCUT2D eigenvalue weighted by Gasteiger charge is 2.08. The number of hydrogen-bond acceptors (Lipinski definition) is 4. The van der Waals surface area contributed by atoms with Gasteiger partial charge in [0, 0.05) is 18.5 Å². The van der Waals surface area contributed by atoms with E-state index < -0.39 is 11.9 Å². The third-order valence-electron chi connectivity index (χ3n) is 2.64. The smallest absolute Gasteiger partial charge is 0.338 e. The van der Waals surface area contributed by atoms with Crippen molar-refractivity contribution in [3.8, 4) is 0 Å². The van der Waals surface area contributed by atoms with E-state index in [1.807, 2.05) is 6.92 Å². The number of carboxylic acid groups (broad SMARTS) is 1. The lowest BCUT2D eigenvalue weighted by Gasteiger charge is -2.06. The Labute approximate surface area is 123 Å². The lowest BCUT2D eigenvalue weighted by molar-refractivity contribution is -0.137. The van der Waals surface area contributed by atoms with Gasteiger partial charge in [0.15, 0.2) is 0 Å². The van der Waals surface area contributed by atoms with Crippen molar-refractivity contribution in [2.45, 2.75) is 32.6 Å². The van der Waals surface area contributed by atoms with E-state index in [1.165, 1.54) is 0 Å². The SMILES string of the molecule is CCCOC(=O)c1ccc(NC(=O)CCCC(=O)O)cc1. The molecule has 1 amide bonds. The molecule has 21 heavy (non-hydrogen) atoms. The molecule has 0 saturated heterocycles. The van der Waals surface area contributed by atoms with Crippen LogP contribution in [0.3, 0.4) is 0 Å². The summed E-state index contributed by atoms with van der Waals surface area (Å²) in [7, 11) is 0. The van der Waals surface area contributed by atoms with Crippen molar-refractivity contribution >= 4 is 23.5 Å². The molecule has 2 N–H and O–H groups in total. The van der Waals surface area contributed by atoms with E-state index in [0.717, 1.165) is 6.42 Å². The van der Waals surface area contributed by atoms with Gasteiger partial charge in [-0.15, -0.1) is 0 Å². The quantitative estimate of drug-likeness (QED) is 0.718. The highest BCUT2D eigenvalue weighted by Crippen LogP contribution is 2.11. The van der Waals surface area contributed by atoms with Crippen molar-refractivity contribution < 1.29 is 24.2 Å². The second-order valence-corrected chi connectivity index (χ2v) is 4.51. The molecule has 0 unspecified atom stereocenters. The van der Waals surface area contributed by atoms with E-state index >= 15 is 0 Å². The summed E-state index contributed by atoms with van der Waals surface area (Å²) in [6.45, 7) is 2.29. The third kappa shape index (κ3) is 6.56. The number of ether oxygens (including phenoxy) is 1. The zero-order valence-electron chi connectivity index (χ0n) is 11.9. The van der Waals surface area contributed by atoms with E-state index in [9.17, 15) is 14.4 Å². The lowest BCUT2D eigenvalue weighted by atomic mass is 10.2. The van der Waals surface area contributed by atoms with Crippen LogP contribution in [-0.4, -0.2) is 29.6 Å². The Kier molecular flexibility index (Phi) is 6.94. The molecule has 0 aromatic heterocycles. The Hall–Kier alpha value is -2.37. The number of carboxylic acids is 1. The molecule has 0 saturated carbocycles. The van der Waals surface area contributed by atoms with E-state index in [4.69, 9.17) is 9.84 Å². The number of carbonyl (C=O) groups is 3. The van der Waals surface area contributed by atoms with Crippen molar-refractivity contribution in [1.29, 1.82) is 0 Å². The average Bonchev–Trinajstić information content (AvgIpc) is 2.45. The number of anilines is 1. The van der Waals surface area contributed by atoms with E-state index in [-0.39, 0.29) is 18.7 Å². The summed E-state index contributed by atoms with van der Waals surface area (Å²) in [5, 5.41) is 11.1. The molecule has 0 aliphatic rings. The fourth-order valence-electron chi connectivity index (χ4n) is 1.59. The zero-order chi connectivity index (χ0) is 15.7. The number of amides is 1. The number of aliphatic carboxylic acids is 1. The topological polar surface area (TPSA) is 92.7 Å². The number of carbonyl (C=O) groups excluding carboxylic acids is 2. The molecular formula is C15H19NO5. The molecule has 0 spiro atoms. The molecular weight excluding hydrogens is 274 g/mol. The molecule has 6 nitrogen and oxygen atoms in total. The third-order valence-corrected chi connectivity index (χ3v) is 2.64. The summed E-state index contributed by atoms with van der Waals surface area (Å²) in [6, 6.07) is 6.37.